The molecule has 22 heavy (non-hydrogen) atoms. The van der Waals surface area contributed by atoms with Gasteiger partial charge >= 0.3 is 0 Å². The molecule has 2 rings (SSSR count). The van der Waals surface area contributed by atoms with Gasteiger partial charge in [-0.1, -0.05) is 43.6 Å². The number of hydrogen-bond donors (Lipinski definition) is 1. The second-order valence-electron chi connectivity index (χ2n) is 8.05. The van der Waals surface area contributed by atoms with E-state index in [0.717, 1.165) is 24.0 Å². The van der Waals surface area contributed by atoms with E-state index in [0.29, 0.717) is 11.4 Å². The molecule has 1 unspecified atom stereocenters. The van der Waals surface area contributed by atoms with Gasteiger partial charge < -0.3 is 9.53 Å². The van der Waals surface area contributed by atoms with Crippen LogP contribution in [0.15, 0.2) is 36.1 Å². The van der Waals surface area contributed by atoms with Crippen molar-refractivity contribution in [3.05, 3.63) is 46.7 Å². The van der Waals surface area contributed by atoms with Crippen LogP contribution in [0.25, 0.3) is 0 Å². The lowest BCUT2D eigenvalue weighted by Gasteiger charge is -2.43. The van der Waals surface area contributed by atoms with Gasteiger partial charge in [0, 0.05) is 10.6 Å². The van der Waals surface area contributed by atoms with Crippen LogP contribution >= 0.6 is 11.6 Å². The summed E-state index contributed by atoms with van der Waals surface area (Å²) in [4.78, 5) is 0. The van der Waals surface area contributed by atoms with E-state index in [1.165, 1.54) is 0 Å². The fourth-order valence-electron chi connectivity index (χ4n) is 2.92. The Kier molecular flexibility index (Phi) is 4.81. The Balaban J connectivity index is 2.45. The summed E-state index contributed by atoms with van der Waals surface area (Å²) in [6.07, 6.45) is 4.26. The molecular weight excluding hydrogens is 312 g/mol. The lowest BCUT2D eigenvalue weighted by molar-refractivity contribution is 0.0185. The zero-order valence-corrected chi connectivity index (χ0v) is 16.0. The van der Waals surface area contributed by atoms with Gasteiger partial charge in [-0.05, 0) is 56.0 Å². The van der Waals surface area contributed by atoms with Crippen LogP contribution < -0.4 is 0 Å². The highest BCUT2D eigenvalue weighted by molar-refractivity contribution is 6.69. The van der Waals surface area contributed by atoms with Crippen LogP contribution in [0.5, 0.6) is 0 Å². The molecule has 2 nitrogen and oxygen atoms in total. The SMILES string of the molecule is CC1(C)CCC(O)(c2ccccc2Cl)C(=CO[Si](C)(C)C)C1. The summed E-state index contributed by atoms with van der Waals surface area (Å²) in [5, 5.41) is 12.0. The van der Waals surface area contributed by atoms with Gasteiger partial charge in [-0.3, -0.25) is 0 Å². The van der Waals surface area contributed by atoms with Crippen molar-refractivity contribution in [1.82, 2.24) is 0 Å². The van der Waals surface area contributed by atoms with Crippen molar-refractivity contribution in [2.75, 3.05) is 0 Å². The van der Waals surface area contributed by atoms with Crippen molar-refractivity contribution >= 4 is 19.9 Å². The highest BCUT2D eigenvalue weighted by atomic mass is 35.5. The van der Waals surface area contributed by atoms with E-state index in [9.17, 15) is 5.11 Å². The first-order chi connectivity index (χ1) is 10.0. The molecule has 0 aliphatic heterocycles. The maximum Gasteiger partial charge on any atom is 0.241 e. The molecule has 0 spiro atoms. The third-order valence-corrected chi connectivity index (χ3v) is 5.39. The van der Waals surface area contributed by atoms with Crippen LogP contribution in [-0.2, 0) is 10.0 Å². The monoisotopic (exact) mass is 338 g/mol. The van der Waals surface area contributed by atoms with E-state index < -0.39 is 13.9 Å². The molecule has 0 aromatic heterocycles. The van der Waals surface area contributed by atoms with Gasteiger partial charge in [0.05, 0.1) is 6.26 Å². The van der Waals surface area contributed by atoms with Gasteiger partial charge in [0.1, 0.15) is 5.60 Å². The minimum absolute atomic E-state index is 0.169. The Labute approximate surface area is 140 Å². The van der Waals surface area contributed by atoms with E-state index in [2.05, 4.69) is 33.5 Å². The predicted octanol–water partition coefficient (Wildman–Crippen LogP) is 5.47. The number of aliphatic hydroxyl groups is 1. The van der Waals surface area contributed by atoms with Crippen molar-refractivity contribution < 1.29 is 9.53 Å². The molecule has 0 radical (unpaired) electrons. The van der Waals surface area contributed by atoms with Crippen LogP contribution in [0, 0.1) is 5.41 Å². The van der Waals surface area contributed by atoms with Crippen molar-refractivity contribution in [2.24, 2.45) is 5.41 Å². The Bertz CT molecular complexity index is 575. The summed E-state index contributed by atoms with van der Waals surface area (Å²) in [5.41, 5.74) is 0.882. The van der Waals surface area contributed by atoms with Gasteiger partial charge in [-0.25, -0.2) is 0 Å². The van der Waals surface area contributed by atoms with Crippen LogP contribution in [0.4, 0.5) is 0 Å². The lowest BCUT2D eigenvalue weighted by atomic mass is 9.66. The highest BCUT2D eigenvalue weighted by Crippen LogP contribution is 2.50. The normalized spacial score (nSPS) is 27.0. The molecule has 122 valence electrons. The van der Waals surface area contributed by atoms with E-state index in [1.807, 2.05) is 30.5 Å². The first-order valence-corrected chi connectivity index (χ1v) is 11.7. The van der Waals surface area contributed by atoms with Gasteiger partial charge in [-0.2, -0.15) is 0 Å². The maximum absolute atomic E-state index is 11.4. The second kappa shape index (κ2) is 6.03. The number of rotatable bonds is 3. The largest absolute Gasteiger partial charge is 0.550 e. The summed E-state index contributed by atoms with van der Waals surface area (Å²) in [5.74, 6) is 0. The average molecular weight is 339 g/mol. The third-order valence-electron chi connectivity index (χ3n) is 4.24. The minimum Gasteiger partial charge on any atom is -0.550 e. The summed E-state index contributed by atoms with van der Waals surface area (Å²) in [6, 6.07) is 7.58. The van der Waals surface area contributed by atoms with E-state index in [4.69, 9.17) is 16.0 Å². The summed E-state index contributed by atoms with van der Waals surface area (Å²) < 4.78 is 5.99. The van der Waals surface area contributed by atoms with Crippen LogP contribution in [0.1, 0.15) is 38.7 Å². The molecule has 1 aliphatic rings. The Morgan fingerprint density at radius 3 is 2.41 bits per heavy atom. The first kappa shape index (κ1) is 17.6. The van der Waals surface area contributed by atoms with Crippen molar-refractivity contribution in [2.45, 2.75) is 58.4 Å². The van der Waals surface area contributed by atoms with Crippen LogP contribution in [0.3, 0.4) is 0 Å². The average Bonchev–Trinajstić information content (AvgIpc) is 2.39. The Hall–Kier alpha value is -0.773. The standard InChI is InChI=1S/C18H27ClO2Si/c1-17(2)10-11-18(20,15-8-6-7-9-16(15)19)14(12-17)13-21-22(3,4)5/h6-9,13,20H,10-12H2,1-5H3. The van der Waals surface area contributed by atoms with Gasteiger partial charge in [0.15, 0.2) is 0 Å². The van der Waals surface area contributed by atoms with Crippen LogP contribution in [0.2, 0.25) is 24.7 Å². The smallest absolute Gasteiger partial charge is 0.241 e. The molecule has 1 aromatic rings. The molecule has 1 aliphatic carbocycles. The summed E-state index contributed by atoms with van der Waals surface area (Å²) in [6.45, 7) is 10.9. The molecule has 1 atom stereocenters. The second-order valence-corrected chi connectivity index (χ2v) is 12.9. The molecule has 0 amide bonds. The quantitative estimate of drug-likeness (QED) is 0.584. The van der Waals surface area contributed by atoms with Crippen molar-refractivity contribution in [3.63, 3.8) is 0 Å². The first-order valence-electron chi connectivity index (χ1n) is 7.88. The van der Waals surface area contributed by atoms with Gasteiger partial charge in [0.25, 0.3) is 0 Å². The maximum atomic E-state index is 11.4. The molecule has 1 saturated carbocycles. The van der Waals surface area contributed by atoms with Crippen molar-refractivity contribution in [1.29, 1.82) is 0 Å². The molecule has 1 N–H and O–H groups in total. The van der Waals surface area contributed by atoms with Gasteiger partial charge in [0.2, 0.25) is 8.32 Å². The Morgan fingerprint density at radius 1 is 1.18 bits per heavy atom. The minimum atomic E-state index is -1.69. The lowest BCUT2D eigenvalue weighted by Crippen LogP contribution is -2.38. The topological polar surface area (TPSA) is 29.5 Å². The molecule has 1 aromatic carbocycles. The van der Waals surface area contributed by atoms with E-state index in [1.54, 1.807) is 0 Å². The predicted molar refractivity (Wildman–Crippen MR) is 95.5 cm³/mol. The number of benzene rings is 1. The fraction of sp³-hybridized carbons (Fsp3) is 0.556. The zero-order chi connectivity index (χ0) is 16.6. The molecule has 1 fully saturated rings. The van der Waals surface area contributed by atoms with Crippen molar-refractivity contribution in [3.8, 4) is 0 Å². The molecule has 4 heteroatoms. The van der Waals surface area contributed by atoms with Gasteiger partial charge in [-0.15, -0.1) is 0 Å². The summed E-state index contributed by atoms with van der Waals surface area (Å²) in [7, 11) is -1.69. The van der Waals surface area contributed by atoms with E-state index >= 15 is 0 Å². The third kappa shape index (κ3) is 3.95. The molecule has 0 heterocycles. The molecule has 0 saturated heterocycles. The zero-order valence-electron chi connectivity index (χ0n) is 14.2. The number of halogens is 1. The number of hydrogen-bond acceptors (Lipinski definition) is 2. The fourth-order valence-corrected chi connectivity index (χ4v) is 3.71. The Morgan fingerprint density at radius 2 is 1.82 bits per heavy atom. The summed E-state index contributed by atoms with van der Waals surface area (Å²) >= 11 is 6.35. The van der Waals surface area contributed by atoms with E-state index in [-0.39, 0.29) is 5.41 Å². The molecule has 0 bridgehead atoms. The van der Waals surface area contributed by atoms with Crippen LogP contribution in [-0.4, -0.2) is 13.4 Å². The molecular formula is C18H27ClO2Si. The highest BCUT2D eigenvalue weighted by Gasteiger charge is 2.43.